The molecule has 1 aliphatic heterocycles. The van der Waals surface area contributed by atoms with E-state index in [1.807, 2.05) is 0 Å². The van der Waals surface area contributed by atoms with Gasteiger partial charge in [0.05, 0.1) is 18.0 Å². The van der Waals surface area contributed by atoms with Gasteiger partial charge in [-0.25, -0.2) is 0 Å². The fourth-order valence-electron chi connectivity index (χ4n) is 2.50. The van der Waals surface area contributed by atoms with Crippen LogP contribution in [0.1, 0.15) is 32.1 Å². The van der Waals surface area contributed by atoms with Gasteiger partial charge in [0, 0.05) is 12.6 Å². The molecule has 3 unspecified atom stereocenters. The summed E-state index contributed by atoms with van der Waals surface area (Å²) < 4.78 is 0. The Balaban J connectivity index is 1.90. The number of hydrogen-bond donors (Lipinski definition) is 2. The Morgan fingerprint density at radius 3 is 2.93 bits per heavy atom. The molecule has 1 saturated heterocycles. The number of carbonyl (C=O) groups is 1. The van der Waals surface area contributed by atoms with E-state index in [0.29, 0.717) is 0 Å². The summed E-state index contributed by atoms with van der Waals surface area (Å²) in [5.41, 5.74) is 0. The molecule has 1 saturated carbocycles. The smallest absolute Gasteiger partial charge is 0.237 e. The zero-order valence-electron chi connectivity index (χ0n) is 8.83. The lowest BCUT2D eigenvalue weighted by molar-refractivity contribution is -0.124. The number of carbonyl (C=O) groups excluding carboxylic acids is 1. The van der Waals surface area contributed by atoms with Crippen molar-refractivity contribution in [1.29, 1.82) is 5.26 Å². The highest BCUT2D eigenvalue weighted by atomic mass is 16.2. The second-order valence-electron chi connectivity index (χ2n) is 4.43. The van der Waals surface area contributed by atoms with E-state index in [0.717, 1.165) is 38.6 Å². The maximum Gasteiger partial charge on any atom is 0.237 e. The maximum absolute atomic E-state index is 11.5. The van der Waals surface area contributed by atoms with Crippen LogP contribution in [0.2, 0.25) is 0 Å². The van der Waals surface area contributed by atoms with E-state index in [4.69, 9.17) is 5.26 Å². The molecule has 2 N–H and O–H groups in total. The van der Waals surface area contributed by atoms with Crippen molar-refractivity contribution in [3.05, 3.63) is 0 Å². The number of amides is 1. The first-order valence-electron chi connectivity index (χ1n) is 5.74. The van der Waals surface area contributed by atoms with Gasteiger partial charge < -0.3 is 10.6 Å². The highest BCUT2D eigenvalue weighted by Crippen LogP contribution is 2.25. The van der Waals surface area contributed by atoms with Gasteiger partial charge in [-0.3, -0.25) is 4.79 Å². The van der Waals surface area contributed by atoms with Crippen LogP contribution >= 0.6 is 0 Å². The number of rotatable bonds is 2. The monoisotopic (exact) mass is 207 g/mol. The molecule has 2 rings (SSSR count). The van der Waals surface area contributed by atoms with Crippen molar-refractivity contribution in [3.8, 4) is 6.07 Å². The van der Waals surface area contributed by atoms with E-state index < -0.39 is 0 Å². The Morgan fingerprint density at radius 1 is 1.33 bits per heavy atom. The summed E-state index contributed by atoms with van der Waals surface area (Å²) in [5, 5.41) is 15.1. The molecule has 0 aromatic rings. The molecule has 0 aromatic carbocycles. The summed E-state index contributed by atoms with van der Waals surface area (Å²) in [7, 11) is 0. The molecule has 3 atom stereocenters. The summed E-state index contributed by atoms with van der Waals surface area (Å²) in [6, 6.07) is 2.48. The van der Waals surface area contributed by atoms with E-state index in [2.05, 4.69) is 16.7 Å². The zero-order valence-corrected chi connectivity index (χ0v) is 8.83. The van der Waals surface area contributed by atoms with E-state index >= 15 is 0 Å². The second kappa shape index (κ2) is 4.63. The third-order valence-corrected chi connectivity index (χ3v) is 3.38. The van der Waals surface area contributed by atoms with Gasteiger partial charge >= 0.3 is 0 Å². The average molecular weight is 207 g/mol. The Bertz CT molecular complexity index is 284. The van der Waals surface area contributed by atoms with Crippen LogP contribution in [-0.4, -0.2) is 24.5 Å². The Hall–Kier alpha value is -1.08. The van der Waals surface area contributed by atoms with Gasteiger partial charge in [0.1, 0.15) is 0 Å². The van der Waals surface area contributed by atoms with Crippen LogP contribution in [0, 0.1) is 17.2 Å². The third-order valence-electron chi connectivity index (χ3n) is 3.38. The van der Waals surface area contributed by atoms with Gasteiger partial charge in [-0.1, -0.05) is 6.42 Å². The lowest BCUT2D eigenvalue weighted by Gasteiger charge is -2.27. The maximum atomic E-state index is 11.5. The average Bonchev–Trinajstić information content (AvgIpc) is 2.69. The molecule has 82 valence electrons. The van der Waals surface area contributed by atoms with Crippen LogP contribution in [0.15, 0.2) is 0 Å². The summed E-state index contributed by atoms with van der Waals surface area (Å²) >= 11 is 0. The van der Waals surface area contributed by atoms with Crippen molar-refractivity contribution in [2.75, 3.05) is 6.54 Å². The molecule has 2 fully saturated rings. The molecule has 0 spiro atoms. The van der Waals surface area contributed by atoms with E-state index in [-0.39, 0.29) is 23.9 Å². The van der Waals surface area contributed by atoms with Crippen molar-refractivity contribution >= 4 is 5.91 Å². The minimum absolute atomic E-state index is 0.0716. The molecule has 1 heterocycles. The van der Waals surface area contributed by atoms with Crippen LogP contribution in [0.4, 0.5) is 0 Å². The van der Waals surface area contributed by atoms with Crippen LogP contribution < -0.4 is 10.6 Å². The SMILES string of the molecule is N#CC1CCCC1NC1CCCNC1=O. The number of nitriles is 1. The van der Waals surface area contributed by atoms with E-state index in [9.17, 15) is 4.79 Å². The largest absolute Gasteiger partial charge is 0.355 e. The summed E-state index contributed by atoms with van der Waals surface area (Å²) in [6.45, 7) is 0.795. The predicted octanol–water partition coefficient (Wildman–Crippen LogP) is 0.547. The minimum atomic E-state index is -0.0716. The quantitative estimate of drug-likeness (QED) is 0.695. The van der Waals surface area contributed by atoms with Gasteiger partial charge in [-0.05, 0) is 25.7 Å². The number of nitrogens with zero attached hydrogens (tertiary/aromatic N) is 1. The first-order chi connectivity index (χ1) is 7.31. The first kappa shape index (κ1) is 10.4. The lowest BCUT2D eigenvalue weighted by atomic mass is 10.0. The predicted molar refractivity (Wildman–Crippen MR) is 55.9 cm³/mol. The highest BCUT2D eigenvalue weighted by Gasteiger charge is 2.31. The van der Waals surface area contributed by atoms with Crippen LogP contribution in [0.3, 0.4) is 0 Å². The lowest BCUT2D eigenvalue weighted by Crippen LogP contribution is -2.52. The molecule has 0 radical (unpaired) electrons. The molecule has 1 amide bonds. The fourth-order valence-corrected chi connectivity index (χ4v) is 2.50. The van der Waals surface area contributed by atoms with Gasteiger partial charge in [-0.2, -0.15) is 5.26 Å². The Labute approximate surface area is 90.0 Å². The van der Waals surface area contributed by atoms with Crippen molar-refractivity contribution in [3.63, 3.8) is 0 Å². The second-order valence-corrected chi connectivity index (χ2v) is 4.43. The first-order valence-corrected chi connectivity index (χ1v) is 5.74. The van der Waals surface area contributed by atoms with Crippen molar-refractivity contribution in [2.24, 2.45) is 5.92 Å². The summed E-state index contributed by atoms with van der Waals surface area (Å²) in [6.07, 6.45) is 5.04. The number of nitrogens with one attached hydrogen (secondary N) is 2. The van der Waals surface area contributed by atoms with E-state index in [1.54, 1.807) is 0 Å². The van der Waals surface area contributed by atoms with Crippen molar-refractivity contribution in [2.45, 2.75) is 44.2 Å². The molecule has 0 bridgehead atoms. The molecular weight excluding hydrogens is 190 g/mol. The standard InChI is InChI=1S/C11H17N3O/c12-7-8-3-1-4-9(8)14-10-5-2-6-13-11(10)15/h8-10,14H,1-6H2,(H,13,15). The summed E-state index contributed by atoms with van der Waals surface area (Å²) in [4.78, 5) is 11.5. The number of hydrogen-bond acceptors (Lipinski definition) is 3. The van der Waals surface area contributed by atoms with Crippen LogP contribution in [0.5, 0.6) is 0 Å². The third kappa shape index (κ3) is 2.29. The topological polar surface area (TPSA) is 64.9 Å². The van der Waals surface area contributed by atoms with Gasteiger partial charge in [0.25, 0.3) is 0 Å². The molecule has 4 heteroatoms. The molecule has 15 heavy (non-hydrogen) atoms. The fraction of sp³-hybridized carbons (Fsp3) is 0.818. The Kier molecular flexibility index (Phi) is 3.22. The van der Waals surface area contributed by atoms with Crippen LogP contribution in [0.25, 0.3) is 0 Å². The molecule has 1 aliphatic carbocycles. The minimum Gasteiger partial charge on any atom is -0.355 e. The van der Waals surface area contributed by atoms with Crippen molar-refractivity contribution in [1.82, 2.24) is 10.6 Å². The van der Waals surface area contributed by atoms with Crippen molar-refractivity contribution < 1.29 is 4.79 Å². The van der Waals surface area contributed by atoms with Gasteiger partial charge in [-0.15, -0.1) is 0 Å². The normalized spacial score (nSPS) is 35.9. The molecular formula is C11H17N3O. The molecule has 4 nitrogen and oxygen atoms in total. The zero-order chi connectivity index (χ0) is 10.7. The summed E-state index contributed by atoms with van der Waals surface area (Å²) in [5.74, 6) is 0.199. The van der Waals surface area contributed by atoms with Gasteiger partial charge in [0.2, 0.25) is 5.91 Å². The molecule has 2 aliphatic rings. The highest BCUT2D eigenvalue weighted by molar-refractivity contribution is 5.82. The number of piperidine rings is 1. The van der Waals surface area contributed by atoms with Gasteiger partial charge in [0.15, 0.2) is 0 Å². The van der Waals surface area contributed by atoms with Crippen LogP contribution in [-0.2, 0) is 4.79 Å². The van der Waals surface area contributed by atoms with E-state index in [1.165, 1.54) is 0 Å². The Morgan fingerprint density at radius 2 is 2.20 bits per heavy atom. The molecule has 0 aromatic heterocycles.